The van der Waals surface area contributed by atoms with Crippen LogP contribution in [0.15, 0.2) is 51.8 Å². The van der Waals surface area contributed by atoms with Crippen LogP contribution in [0.3, 0.4) is 0 Å². The van der Waals surface area contributed by atoms with Crippen LogP contribution in [-0.4, -0.2) is 12.4 Å². The molecule has 0 atom stereocenters. The second kappa shape index (κ2) is 7.55. The van der Waals surface area contributed by atoms with E-state index in [1.54, 1.807) is 23.9 Å². The first-order chi connectivity index (χ1) is 9.65. The lowest BCUT2D eigenvalue weighted by Gasteiger charge is -2.07. The summed E-state index contributed by atoms with van der Waals surface area (Å²) in [4.78, 5) is 1.17. The van der Waals surface area contributed by atoms with Gasteiger partial charge in [0, 0.05) is 20.8 Å². The Hall–Kier alpha value is -1.20. The van der Waals surface area contributed by atoms with Gasteiger partial charge in [0.15, 0.2) is 0 Å². The fourth-order valence-corrected chi connectivity index (χ4v) is 3.18. The Bertz CT molecular complexity index is 562. The Morgan fingerprint density at radius 1 is 1.15 bits per heavy atom. The van der Waals surface area contributed by atoms with Gasteiger partial charge in [0.05, 0.1) is 6.61 Å². The Morgan fingerprint density at radius 2 is 1.90 bits per heavy atom. The molecule has 0 aliphatic rings. The lowest BCUT2D eigenvalue weighted by Crippen LogP contribution is -1.98. The molecule has 106 valence electrons. The van der Waals surface area contributed by atoms with Gasteiger partial charge in [-0.25, -0.2) is 4.39 Å². The fraction of sp³-hybridized carbons (Fsp3) is 0.200. The summed E-state index contributed by atoms with van der Waals surface area (Å²) in [6.07, 6.45) is 0.916. The maximum Gasteiger partial charge on any atom is 0.123 e. The molecule has 5 heteroatoms. The molecule has 0 saturated heterocycles. The standard InChI is InChI=1S/C15H15BrFNOS/c16-14-10-12(18)4-7-15(14)20-9-1-8-19-13-5-2-11(17)3-6-13/h2-7,10H,1,8-9,18H2. The quantitative estimate of drug-likeness (QED) is 0.462. The minimum Gasteiger partial charge on any atom is -0.494 e. The number of anilines is 1. The molecule has 0 amide bonds. The monoisotopic (exact) mass is 355 g/mol. The normalized spacial score (nSPS) is 10.5. The average Bonchev–Trinajstić information content (AvgIpc) is 2.42. The summed E-state index contributed by atoms with van der Waals surface area (Å²) in [7, 11) is 0. The Kier molecular flexibility index (Phi) is 5.73. The van der Waals surface area contributed by atoms with Crippen LogP contribution in [0.25, 0.3) is 0 Å². The first kappa shape index (κ1) is 15.2. The highest BCUT2D eigenvalue weighted by Crippen LogP contribution is 2.29. The molecule has 0 spiro atoms. The summed E-state index contributed by atoms with van der Waals surface area (Å²) in [5.41, 5.74) is 6.44. The predicted molar refractivity (Wildman–Crippen MR) is 85.8 cm³/mol. The molecular formula is C15H15BrFNOS. The van der Waals surface area contributed by atoms with Crippen molar-refractivity contribution in [2.75, 3.05) is 18.1 Å². The molecule has 0 heterocycles. The number of ether oxygens (including phenoxy) is 1. The van der Waals surface area contributed by atoms with E-state index in [0.717, 1.165) is 22.3 Å². The van der Waals surface area contributed by atoms with Gasteiger partial charge in [0.25, 0.3) is 0 Å². The van der Waals surface area contributed by atoms with Gasteiger partial charge in [-0.15, -0.1) is 11.8 Å². The number of nitrogens with two attached hydrogens (primary N) is 1. The number of nitrogen functional groups attached to an aromatic ring is 1. The first-order valence-electron chi connectivity index (χ1n) is 6.21. The van der Waals surface area contributed by atoms with E-state index in [9.17, 15) is 4.39 Å². The highest BCUT2D eigenvalue weighted by atomic mass is 79.9. The minimum absolute atomic E-state index is 0.249. The molecular weight excluding hydrogens is 341 g/mol. The third kappa shape index (κ3) is 4.72. The number of hydrogen-bond donors (Lipinski definition) is 1. The van der Waals surface area contributed by atoms with Gasteiger partial charge < -0.3 is 10.5 Å². The zero-order valence-corrected chi connectivity index (χ0v) is 13.2. The largest absolute Gasteiger partial charge is 0.494 e. The van der Waals surface area contributed by atoms with Gasteiger partial charge in [0.1, 0.15) is 11.6 Å². The van der Waals surface area contributed by atoms with Crippen molar-refractivity contribution in [3.8, 4) is 5.75 Å². The van der Waals surface area contributed by atoms with Gasteiger partial charge >= 0.3 is 0 Å². The van der Waals surface area contributed by atoms with Gasteiger partial charge in [-0.05, 0) is 64.8 Å². The third-order valence-electron chi connectivity index (χ3n) is 2.58. The first-order valence-corrected chi connectivity index (χ1v) is 7.99. The predicted octanol–water partition coefficient (Wildman–Crippen LogP) is 4.73. The molecule has 0 radical (unpaired) electrons. The summed E-state index contributed by atoms with van der Waals surface area (Å²) in [5, 5.41) is 0. The van der Waals surface area contributed by atoms with Crippen LogP contribution in [0.2, 0.25) is 0 Å². The fourth-order valence-electron chi connectivity index (χ4n) is 1.60. The lowest BCUT2D eigenvalue weighted by atomic mass is 10.3. The Morgan fingerprint density at radius 3 is 2.60 bits per heavy atom. The lowest BCUT2D eigenvalue weighted by molar-refractivity contribution is 0.318. The topological polar surface area (TPSA) is 35.2 Å². The van der Waals surface area contributed by atoms with Crippen molar-refractivity contribution in [3.63, 3.8) is 0 Å². The SMILES string of the molecule is Nc1ccc(SCCCOc2ccc(F)cc2)c(Br)c1. The maximum absolute atomic E-state index is 12.7. The van der Waals surface area contributed by atoms with Crippen LogP contribution in [0, 0.1) is 5.82 Å². The number of hydrogen-bond acceptors (Lipinski definition) is 3. The van der Waals surface area contributed by atoms with Crippen LogP contribution in [0.4, 0.5) is 10.1 Å². The van der Waals surface area contributed by atoms with Gasteiger partial charge in [-0.1, -0.05) is 0 Å². The summed E-state index contributed by atoms with van der Waals surface area (Å²) in [5.74, 6) is 1.40. The van der Waals surface area contributed by atoms with E-state index in [0.29, 0.717) is 12.4 Å². The van der Waals surface area contributed by atoms with Crippen LogP contribution in [0.5, 0.6) is 5.75 Å². The molecule has 0 aliphatic carbocycles. The summed E-state index contributed by atoms with van der Waals surface area (Å²) in [6, 6.07) is 11.9. The van der Waals surface area contributed by atoms with Crippen molar-refractivity contribution in [2.24, 2.45) is 0 Å². The van der Waals surface area contributed by atoms with Crippen LogP contribution < -0.4 is 10.5 Å². The Balaban J connectivity index is 1.70. The van der Waals surface area contributed by atoms with Gasteiger partial charge in [-0.3, -0.25) is 0 Å². The molecule has 0 fully saturated rings. The third-order valence-corrected chi connectivity index (χ3v) is 4.66. The van der Waals surface area contributed by atoms with E-state index in [-0.39, 0.29) is 5.82 Å². The van der Waals surface area contributed by atoms with E-state index in [2.05, 4.69) is 15.9 Å². The van der Waals surface area contributed by atoms with Crippen LogP contribution in [0.1, 0.15) is 6.42 Å². The van der Waals surface area contributed by atoms with Crippen molar-refractivity contribution in [3.05, 3.63) is 52.8 Å². The molecule has 0 aromatic heterocycles. The van der Waals surface area contributed by atoms with Crippen molar-refractivity contribution in [2.45, 2.75) is 11.3 Å². The molecule has 0 saturated carbocycles. The summed E-state index contributed by atoms with van der Waals surface area (Å²) >= 11 is 5.24. The summed E-state index contributed by atoms with van der Waals surface area (Å²) in [6.45, 7) is 0.616. The molecule has 0 unspecified atom stereocenters. The number of halogens is 2. The van der Waals surface area contributed by atoms with Crippen molar-refractivity contribution in [1.29, 1.82) is 0 Å². The smallest absolute Gasteiger partial charge is 0.123 e. The summed E-state index contributed by atoms with van der Waals surface area (Å²) < 4.78 is 19.3. The van der Waals surface area contributed by atoms with E-state index in [1.807, 2.05) is 18.2 Å². The van der Waals surface area contributed by atoms with E-state index >= 15 is 0 Å². The highest BCUT2D eigenvalue weighted by Gasteiger charge is 2.01. The van der Waals surface area contributed by atoms with E-state index in [1.165, 1.54) is 17.0 Å². The number of rotatable bonds is 6. The minimum atomic E-state index is -0.249. The second-order valence-electron chi connectivity index (χ2n) is 4.19. The number of benzene rings is 2. The van der Waals surface area contributed by atoms with Gasteiger partial charge in [-0.2, -0.15) is 0 Å². The van der Waals surface area contributed by atoms with Crippen molar-refractivity contribution < 1.29 is 9.13 Å². The molecule has 2 aromatic carbocycles. The van der Waals surface area contributed by atoms with Crippen molar-refractivity contribution >= 4 is 33.4 Å². The van der Waals surface area contributed by atoms with Crippen LogP contribution >= 0.6 is 27.7 Å². The molecule has 20 heavy (non-hydrogen) atoms. The number of thioether (sulfide) groups is 1. The zero-order valence-electron chi connectivity index (χ0n) is 10.8. The molecule has 0 aliphatic heterocycles. The molecule has 2 nitrogen and oxygen atoms in total. The molecule has 0 bridgehead atoms. The zero-order chi connectivity index (χ0) is 14.4. The average molecular weight is 356 g/mol. The molecule has 2 rings (SSSR count). The van der Waals surface area contributed by atoms with E-state index < -0.39 is 0 Å². The molecule has 2 aromatic rings. The molecule has 2 N–H and O–H groups in total. The van der Waals surface area contributed by atoms with Crippen LogP contribution in [-0.2, 0) is 0 Å². The van der Waals surface area contributed by atoms with Gasteiger partial charge in [0.2, 0.25) is 0 Å². The Labute approximate surface area is 130 Å². The maximum atomic E-state index is 12.7. The highest BCUT2D eigenvalue weighted by molar-refractivity contribution is 9.10. The van der Waals surface area contributed by atoms with E-state index in [4.69, 9.17) is 10.5 Å². The van der Waals surface area contributed by atoms with Crippen molar-refractivity contribution in [1.82, 2.24) is 0 Å². The second-order valence-corrected chi connectivity index (χ2v) is 6.19.